The summed E-state index contributed by atoms with van der Waals surface area (Å²) in [7, 11) is -1.82. The van der Waals surface area contributed by atoms with Gasteiger partial charge in [-0.2, -0.15) is 0 Å². The minimum atomic E-state index is -1.82. The number of hydrogen-bond acceptors (Lipinski definition) is 2. The summed E-state index contributed by atoms with van der Waals surface area (Å²) in [6, 6.07) is 8.38. The molecule has 1 aliphatic rings. The van der Waals surface area contributed by atoms with E-state index in [-0.39, 0.29) is 17.2 Å². The highest BCUT2D eigenvalue weighted by Gasteiger charge is 2.41. The summed E-state index contributed by atoms with van der Waals surface area (Å²) in [6.45, 7) is 11.2. The summed E-state index contributed by atoms with van der Waals surface area (Å²) in [6.07, 6.45) is 1.14. The fourth-order valence-electron chi connectivity index (χ4n) is 2.34. The van der Waals surface area contributed by atoms with E-state index in [9.17, 15) is 5.11 Å². The Morgan fingerprint density at radius 1 is 1.11 bits per heavy atom. The maximum absolute atomic E-state index is 10.3. The summed E-state index contributed by atoms with van der Waals surface area (Å²) < 4.78 is 6.40. The lowest BCUT2D eigenvalue weighted by Gasteiger charge is -2.42. The van der Waals surface area contributed by atoms with Crippen LogP contribution in [0, 0.1) is 0 Å². The summed E-state index contributed by atoms with van der Waals surface area (Å²) in [5, 5.41) is 10.5. The summed E-state index contributed by atoms with van der Waals surface area (Å²) in [5.41, 5.74) is 2.60. The molecule has 3 heteroatoms. The number of benzene rings is 1. The predicted molar refractivity (Wildman–Crippen MR) is 81.9 cm³/mol. The number of rotatable bonds is 2. The van der Waals surface area contributed by atoms with Crippen molar-refractivity contribution in [2.24, 2.45) is 0 Å². The summed E-state index contributed by atoms with van der Waals surface area (Å²) in [4.78, 5) is 0. The van der Waals surface area contributed by atoms with E-state index in [1.807, 2.05) is 6.07 Å². The van der Waals surface area contributed by atoms with Crippen molar-refractivity contribution in [2.45, 2.75) is 64.0 Å². The van der Waals surface area contributed by atoms with Crippen molar-refractivity contribution in [2.75, 3.05) is 0 Å². The molecule has 0 saturated carbocycles. The van der Waals surface area contributed by atoms with E-state index >= 15 is 0 Å². The van der Waals surface area contributed by atoms with Crippen LogP contribution >= 0.6 is 0 Å². The van der Waals surface area contributed by atoms with Crippen LogP contribution in [0.1, 0.15) is 31.9 Å². The molecule has 2 atom stereocenters. The van der Waals surface area contributed by atoms with Crippen molar-refractivity contribution in [3.05, 3.63) is 35.4 Å². The normalized spacial score (nSPS) is 24.1. The fraction of sp³-hybridized carbons (Fsp3) is 0.625. The van der Waals surface area contributed by atoms with Gasteiger partial charge < -0.3 is 9.53 Å². The first-order chi connectivity index (χ1) is 8.71. The standard InChI is InChI=1S/C16H26O2Si/c1-16(2,3)19(4,5)18-15-11-13-9-7-6-8-12(13)10-14(15)17/h6-9,14-15,17H,10-11H2,1-5H3/t14-,15+/m1/s1. The summed E-state index contributed by atoms with van der Waals surface area (Å²) in [5.74, 6) is 0. The van der Waals surface area contributed by atoms with Crippen molar-refractivity contribution in [1.82, 2.24) is 0 Å². The second-order valence-electron chi connectivity index (χ2n) is 7.16. The molecule has 1 aromatic carbocycles. The second kappa shape index (κ2) is 5.04. The van der Waals surface area contributed by atoms with Crippen LogP contribution in [0.4, 0.5) is 0 Å². The average molecular weight is 278 g/mol. The lowest BCUT2D eigenvalue weighted by molar-refractivity contribution is 0.0218. The molecule has 2 nitrogen and oxygen atoms in total. The van der Waals surface area contributed by atoms with Crippen LogP contribution in [0.5, 0.6) is 0 Å². The Balaban J connectivity index is 2.15. The van der Waals surface area contributed by atoms with E-state index in [4.69, 9.17) is 4.43 Å². The third-order valence-corrected chi connectivity index (χ3v) is 9.15. The first-order valence-corrected chi connectivity index (χ1v) is 10.0. The number of aliphatic hydroxyl groups excluding tert-OH is 1. The van der Waals surface area contributed by atoms with Gasteiger partial charge in [0.15, 0.2) is 8.32 Å². The molecule has 0 aliphatic heterocycles. The van der Waals surface area contributed by atoms with Gasteiger partial charge in [0, 0.05) is 12.8 Å². The van der Waals surface area contributed by atoms with E-state index < -0.39 is 8.32 Å². The van der Waals surface area contributed by atoms with Gasteiger partial charge in [0.25, 0.3) is 0 Å². The van der Waals surface area contributed by atoms with E-state index in [1.54, 1.807) is 0 Å². The fourth-order valence-corrected chi connectivity index (χ4v) is 3.69. The van der Waals surface area contributed by atoms with Gasteiger partial charge in [-0.15, -0.1) is 0 Å². The number of aliphatic hydroxyl groups is 1. The minimum Gasteiger partial charge on any atom is -0.411 e. The van der Waals surface area contributed by atoms with Crippen molar-refractivity contribution in [3.63, 3.8) is 0 Å². The predicted octanol–water partition coefficient (Wildman–Crippen LogP) is 3.54. The smallest absolute Gasteiger partial charge is 0.192 e. The van der Waals surface area contributed by atoms with Crippen LogP contribution in [0.25, 0.3) is 0 Å². The largest absolute Gasteiger partial charge is 0.411 e. The van der Waals surface area contributed by atoms with E-state index in [1.165, 1.54) is 11.1 Å². The molecule has 106 valence electrons. The van der Waals surface area contributed by atoms with Crippen LogP contribution in [0.15, 0.2) is 24.3 Å². The molecule has 1 N–H and O–H groups in total. The van der Waals surface area contributed by atoms with Crippen molar-refractivity contribution >= 4 is 8.32 Å². The zero-order valence-electron chi connectivity index (χ0n) is 12.7. The van der Waals surface area contributed by atoms with E-state index in [0.717, 1.165) is 12.8 Å². The number of fused-ring (bicyclic) bond motifs is 1. The Labute approximate surface area is 117 Å². The SMILES string of the molecule is CC(C)(C)[Si](C)(C)O[C@H]1Cc2ccccc2C[C@H]1O. The molecule has 0 amide bonds. The molecule has 2 rings (SSSR count). The van der Waals surface area contributed by atoms with Crippen molar-refractivity contribution < 1.29 is 9.53 Å². The topological polar surface area (TPSA) is 29.5 Å². The molecule has 1 aliphatic carbocycles. The molecule has 19 heavy (non-hydrogen) atoms. The highest BCUT2D eigenvalue weighted by molar-refractivity contribution is 6.74. The molecule has 1 aromatic rings. The highest BCUT2D eigenvalue weighted by Crippen LogP contribution is 2.39. The van der Waals surface area contributed by atoms with Gasteiger partial charge in [0.1, 0.15) is 0 Å². The van der Waals surface area contributed by atoms with Gasteiger partial charge in [-0.25, -0.2) is 0 Å². The molecule has 0 radical (unpaired) electrons. The Morgan fingerprint density at radius 2 is 1.63 bits per heavy atom. The third kappa shape index (κ3) is 3.10. The van der Waals surface area contributed by atoms with Crippen LogP contribution in [-0.2, 0) is 17.3 Å². The Hall–Kier alpha value is -0.643. The summed E-state index contributed by atoms with van der Waals surface area (Å²) >= 11 is 0. The Bertz CT molecular complexity index is 448. The van der Waals surface area contributed by atoms with Crippen LogP contribution in [0.3, 0.4) is 0 Å². The molecular formula is C16H26O2Si. The lowest BCUT2D eigenvalue weighted by Crippen LogP contribution is -2.49. The van der Waals surface area contributed by atoms with Gasteiger partial charge in [-0.3, -0.25) is 0 Å². The lowest BCUT2D eigenvalue weighted by atomic mass is 9.88. The highest BCUT2D eigenvalue weighted by atomic mass is 28.4. The van der Waals surface area contributed by atoms with Crippen LogP contribution in [-0.4, -0.2) is 25.6 Å². The third-order valence-electron chi connectivity index (χ3n) is 4.65. The second-order valence-corrected chi connectivity index (χ2v) is 11.9. The molecule has 0 spiro atoms. The molecular weight excluding hydrogens is 252 g/mol. The van der Waals surface area contributed by atoms with Crippen molar-refractivity contribution in [1.29, 1.82) is 0 Å². The Kier molecular flexibility index (Phi) is 3.91. The Morgan fingerprint density at radius 3 is 2.16 bits per heavy atom. The van der Waals surface area contributed by atoms with Gasteiger partial charge >= 0.3 is 0 Å². The maximum atomic E-state index is 10.3. The molecule has 0 unspecified atom stereocenters. The molecule has 0 fully saturated rings. The van der Waals surface area contributed by atoms with Gasteiger partial charge in [-0.1, -0.05) is 45.0 Å². The minimum absolute atomic E-state index is 0.0456. The zero-order valence-corrected chi connectivity index (χ0v) is 13.7. The molecule has 0 aromatic heterocycles. The van der Waals surface area contributed by atoms with E-state index in [2.05, 4.69) is 52.1 Å². The van der Waals surface area contributed by atoms with Gasteiger partial charge in [0.2, 0.25) is 0 Å². The number of hydrogen-bond donors (Lipinski definition) is 1. The molecule has 0 saturated heterocycles. The maximum Gasteiger partial charge on any atom is 0.192 e. The van der Waals surface area contributed by atoms with Gasteiger partial charge in [-0.05, 0) is 29.3 Å². The first-order valence-electron chi connectivity index (χ1n) is 7.13. The monoisotopic (exact) mass is 278 g/mol. The average Bonchev–Trinajstić information content (AvgIpc) is 2.28. The quantitative estimate of drug-likeness (QED) is 0.839. The van der Waals surface area contributed by atoms with Crippen LogP contribution in [0.2, 0.25) is 18.1 Å². The van der Waals surface area contributed by atoms with Crippen molar-refractivity contribution in [3.8, 4) is 0 Å². The van der Waals surface area contributed by atoms with E-state index in [0.29, 0.717) is 0 Å². The first kappa shape index (κ1) is 14.8. The molecule has 0 heterocycles. The zero-order chi connectivity index (χ0) is 14.3. The molecule has 0 bridgehead atoms. The van der Waals surface area contributed by atoms with Crippen LogP contribution < -0.4 is 0 Å². The van der Waals surface area contributed by atoms with Gasteiger partial charge in [0.05, 0.1) is 12.2 Å².